The van der Waals surface area contributed by atoms with E-state index < -0.39 is 17.5 Å². The smallest absolute Gasteiger partial charge is 0.194 e. The van der Waals surface area contributed by atoms with Crippen LogP contribution in [0, 0.1) is 23.4 Å². The lowest BCUT2D eigenvalue weighted by atomic mass is 9.67. The standard InChI is InChI=1S/C21H23F3.C5H10/c1-2-10-21(11-4-3-5-12-21)17-8-6-15(7-9-17)16-13-18(22)20(24)19(23)14-16;1-5-3-2-4-5/h6-9,13-14H,2-5,10-12H2,1H3;5H,2-4H2,1H3. The van der Waals surface area contributed by atoms with Crippen LogP contribution in [0.2, 0.25) is 0 Å². The van der Waals surface area contributed by atoms with E-state index in [9.17, 15) is 13.2 Å². The van der Waals surface area contributed by atoms with Gasteiger partial charge in [-0.05, 0) is 59.4 Å². The van der Waals surface area contributed by atoms with Crippen LogP contribution in [0.25, 0.3) is 11.1 Å². The van der Waals surface area contributed by atoms with Crippen LogP contribution in [-0.2, 0) is 5.41 Å². The predicted octanol–water partition coefficient (Wildman–Crippen LogP) is 8.58. The molecular weight excluding hydrogens is 369 g/mol. The predicted molar refractivity (Wildman–Crippen MR) is 114 cm³/mol. The van der Waals surface area contributed by atoms with E-state index in [0.717, 1.165) is 24.5 Å². The average Bonchev–Trinajstić information content (AvgIpc) is 2.71. The van der Waals surface area contributed by atoms with Crippen LogP contribution in [0.15, 0.2) is 36.4 Å². The van der Waals surface area contributed by atoms with Gasteiger partial charge in [0.2, 0.25) is 0 Å². The first kappa shape index (κ1) is 21.9. The molecule has 3 heteroatoms. The summed E-state index contributed by atoms with van der Waals surface area (Å²) < 4.78 is 40.0. The lowest BCUT2D eigenvalue weighted by molar-refractivity contribution is 0.271. The molecule has 0 saturated heterocycles. The summed E-state index contributed by atoms with van der Waals surface area (Å²) in [6.45, 7) is 4.53. The third kappa shape index (κ3) is 5.24. The Balaban J connectivity index is 0.000000419. The zero-order valence-electron chi connectivity index (χ0n) is 17.7. The third-order valence-electron chi connectivity index (χ3n) is 6.75. The molecule has 0 unspecified atom stereocenters. The van der Waals surface area contributed by atoms with E-state index in [1.54, 1.807) is 0 Å². The van der Waals surface area contributed by atoms with Gasteiger partial charge in [0, 0.05) is 0 Å². The molecule has 0 N–H and O–H groups in total. The van der Waals surface area contributed by atoms with Gasteiger partial charge in [-0.2, -0.15) is 0 Å². The van der Waals surface area contributed by atoms with E-state index in [2.05, 4.69) is 26.0 Å². The van der Waals surface area contributed by atoms with Crippen LogP contribution in [0.4, 0.5) is 13.2 Å². The van der Waals surface area contributed by atoms with Gasteiger partial charge in [-0.1, -0.05) is 83.1 Å². The van der Waals surface area contributed by atoms with Gasteiger partial charge < -0.3 is 0 Å². The van der Waals surface area contributed by atoms with Crippen molar-refractivity contribution in [1.82, 2.24) is 0 Å². The molecule has 0 heterocycles. The Kier molecular flexibility index (Phi) is 7.43. The molecule has 0 aromatic heterocycles. The fourth-order valence-electron chi connectivity index (χ4n) is 4.74. The molecule has 0 spiro atoms. The van der Waals surface area contributed by atoms with Gasteiger partial charge in [-0.3, -0.25) is 0 Å². The summed E-state index contributed by atoms with van der Waals surface area (Å²) in [5.41, 5.74) is 2.63. The molecular formula is C26H33F3. The summed E-state index contributed by atoms with van der Waals surface area (Å²) in [5, 5.41) is 0. The minimum absolute atomic E-state index is 0.241. The highest BCUT2D eigenvalue weighted by molar-refractivity contribution is 5.64. The molecule has 0 radical (unpaired) electrons. The first-order valence-corrected chi connectivity index (χ1v) is 11.2. The molecule has 2 aromatic rings. The summed E-state index contributed by atoms with van der Waals surface area (Å²) >= 11 is 0. The maximum Gasteiger partial charge on any atom is 0.194 e. The van der Waals surface area contributed by atoms with E-state index >= 15 is 0 Å². The molecule has 2 aliphatic rings. The normalized spacial score (nSPS) is 18.5. The van der Waals surface area contributed by atoms with Crippen molar-refractivity contribution in [2.45, 2.75) is 83.5 Å². The molecule has 2 aliphatic carbocycles. The van der Waals surface area contributed by atoms with Crippen molar-refractivity contribution >= 4 is 0 Å². The number of benzene rings is 2. The molecule has 158 valence electrons. The van der Waals surface area contributed by atoms with Gasteiger partial charge in [-0.15, -0.1) is 0 Å². The van der Waals surface area contributed by atoms with Crippen molar-refractivity contribution < 1.29 is 13.2 Å². The van der Waals surface area contributed by atoms with Crippen molar-refractivity contribution in [2.75, 3.05) is 0 Å². The number of hydrogen-bond donors (Lipinski definition) is 0. The summed E-state index contributed by atoms with van der Waals surface area (Å²) in [6.07, 6.45) is 13.0. The summed E-state index contributed by atoms with van der Waals surface area (Å²) in [5.74, 6) is -2.65. The molecule has 2 aromatic carbocycles. The van der Waals surface area contributed by atoms with Crippen LogP contribution in [0.5, 0.6) is 0 Å². The Bertz CT molecular complexity index is 756. The highest BCUT2D eigenvalue weighted by Crippen LogP contribution is 2.43. The van der Waals surface area contributed by atoms with Crippen LogP contribution >= 0.6 is 0 Å². The van der Waals surface area contributed by atoms with Crippen molar-refractivity contribution in [3.8, 4) is 11.1 Å². The summed E-state index contributed by atoms with van der Waals surface area (Å²) in [4.78, 5) is 0. The topological polar surface area (TPSA) is 0 Å². The van der Waals surface area contributed by atoms with E-state index in [-0.39, 0.29) is 5.41 Å². The Morgan fingerprint density at radius 3 is 1.83 bits per heavy atom. The zero-order valence-corrected chi connectivity index (χ0v) is 17.7. The fourth-order valence-corrected chi connectivity index (χ4v) is 4.74. The molecule has 2 saturated carbocycles. The minimum atomic E-state index is -1.42. The summed E-state index contributed by atoms with van der Waals surface area (Å²) in [6, 6.07) is 10.1. The van der Waals surface area contributed by atoms with E-state index in [0.29, 0.717) is 11.1 Å². The molecule has 4 rings (SSSR count). The monoisotopic (exact) mass is 402 g/mol. The Morgan fingerprint density at radius 2 is 1.38 bits per heavy atom. The number of halogens is 3. The van der Waals surface area contributed by atoms with Gasteiger partial charge in [0.1, 0.15) is 0 Å². The second kappa shape index (κ2) is 9.82. The van der Waals surface area contributed by atoms with Gasteiger partial charge in [0.25, 0.3) is 0 Å². The molecule has 0 nitrogen and oxygen atoms in total. The van der Waals surface area contributed by atoms with E-state index in [4.69, 9.17) is 0 Å². The van der Waals surface area contributed by atoms with Gasteiger partial charge in [0.15, 0.2) is 17.5 Å². The molecule has 0 atom stereocenters. The van der Waals surface area contributed by atoms with Crippen molar-refractivity contribution in [3.05, 3.63) is 59.4 Å². The second-order valence-electron chi connectivity index (χ2n) is 8.96. The van der Waals surface area contributed by atoms with Crippen LogP contribution in [-0.4, -0.2) is 0 Å². The SMILES string of the molecule is CC1CCC1.CCCC1(c2ccc(-c3cc(F)c(F)c(F)c3)cc2)CCCCC1. The fraction of sp³-hybridized carbons (Fsp3) is 0.538. The molecule has 0 amide bonds. The molecule has 2 fully saturated rings. The van der Waals surface area contributed by atoms with Crippen molar-refractivity contribution in [1.29, 1.82) is 0 Å². The average molecular weight is 403 g/mol. The van der Waals surface area contributed by atoms with Gasteiger partial charge >= 0.3 is 0 Å². The molecule has 0 bridgehead atoms. The second-order valence-corrected chi connectivity index (χ2v) is 8.96. The first-order chi connectivity index (χ1) is 13.9. The Hall–Kier alpha value is -1.77. The lowest BCUT2D eigenvalue weighted by Crippen LogP contribution is -2.28. The lowest BCUT2D eigenvalue weighted by Gasteiger charge is -2.38. The van der Waals surface area contributed by atoms with E-state index in [1.165, 1.54) is 63.4 Å². The van der Waals surface area contributed by atoms with Crippen LogP contribution in [0.3, 0.4) is 0 Å². The van der Waals surface area contributed by atoms with Crippen LogP contribution < -0.4 is 0 Å². The van der Waals surface area contributed by atoms with Crippen molar-refractivity contribution in [2.24, 2.45) is 5.92 Å². The maximum absolute atomic E-state index is 13.4. The van der Waals surface area contributed by atoms with Crippen LogP contribution in [0.1, 0.15) is 83.6 Å². The highest BCUT2D eigenvalue weighted by atomic mass is 19.2. The zero-order chi connectivity index (χ0) is 20.9. The maximum atomic E-state index is 13.4. The van der Waals surface area contributed by atoms with Gasteiger partial charge in [0.05, 0.1) is 0 Å². The summed E-state index contributed by atoms with van der Waals surface area (Å²) in [7, 11) is 0. The largest absolute Gasteiger partial charge is 0.204 e. The number of hydrogen-bond acceptors (Lipinski definition) is 0. The van der Waals surface area contributed by atoms with Crippen molar-refractivity contribution in [3.63, 3.8) is 0 Å². The minimum Gasteiger partial charge on any atom is -0.204 e. The van der Waals surface area contributed by atoms with Gasteiger partial charge in [-0.25, -0.2) is 13.2 Å². The quantitative estimate of drug-likeness (QED) is 0.449. The van der Waals surface area contributed by atoms with E-state index in [1.807, 2.05) is 12.1 Å². The Labute approximate surface area is 173 Å². The Morgan fingerprint density at radius 1 is 0.828 bits per heavy atom. The highest BCUT2D eigenvalue weighted by Gasteiger charge is 2.32. The molecule has 29 heavy (non-hydrogen) atoms. The number of rotatable bonds is 4. The first-order valence-electron chi connectivity index (χ1n) is 11.2. The molecule has 0 aliphatic heterocycles. The third-order valence-corrected chi connectivity index (χ3v) is 6.75.